The van der Waals surface area contributed by atoms with Crippen molar-refractivity contribution in [2.45, 2.75) is 65.0 Å². The van der Waals surface area contributed by atoms with E-state index in [1.54, 1.807) is 8.61 Å². The maximum atomic E-state index is 12.9. The van der Waals surface area contributed by atoms with Crippen LogP contribution in [0.3, 0.4) is 0 Å². The number of nitrogens with one attached hydrogen (secondary N) is 1. The fraction of sp³-hybridized carbons (Fsp3) is 1.00. The summed E-state index contributed by atoms with van der Waals surface area (Å²) < 4.78 is 29.4. The third kappa shape index (κ3) is 3.78. The fourth-order valence-corrected chi connectivity index (χ4v) is 5.80. The second-order valence-electron chi connectivity index (χ2n) is 6.48. The Morgan fingerprint density at radius 3 is 2.33 bits per heavy atom. The van der Waals surface area contributed by atoms with E-state index in [2.05, 4.69) is 19.2 Å². The van der Waals surface area contributed by atoms with E-state index in [4.69, 9.17) is 0 Å². The predicted octanol–water partition coefficient (Wildman–Crippen LogP) is 1.82. The van der Waals surface area contributed by atoms with Crippen LogP contribution in [0.1, 0.15) is 52.9 Å². The normalized spacial score (nSPS) is 30.0. The van der Waals surface area contributed by atoms with Gasteiger partial charge in [0.05, 0.1) is 0 Å². The summed E-state index contributed by atoms with van der Waals surface area (Å²) in [7, 11) is -3.27. The summed E-state index contributed by atoms with van der Waals surface area (Å²) in [6.07, 6.45) is 4.87. The van der Waals surface area contributed by atoms with Gasteiger partial charge in [-0.1, -0.05) is 13.8 Å². The zero-order chi connectivity index (χ0) is 15.5. The number of hydrogen-bond acceptors (Lipinski definition) is 3. The maximum absolute atomic E-state index is 12.9. The minimum atomic E-state index is -3.27. The highest BCUT2D eigenvalue weighted by Gasteiger charge is 2.42. The quantitative estimate of drug-likeness (QED) is 0.813. The van der Waals surface area contributed by atoms with Crippen molar-refractivity contribution < 1.29 is 8.42 Å². The number of hydrogen-bond donors (Lipinski definition) is 1. The highest BCUT2D eigenvalue weighted by molar-refractivity contribution is 7.86. The monoisotopic (exact) mass is 317 g/mol. The Hall–Kier alpha value is -0.170. The molecule has 0 spiro atoms. The molecule has 124 valence electrons. The van der Waals surface area contributed by atoms with E-state index in [9.17, 15) is 8.42 Å². The Morgan fingerprint density at radius 1 is 1.10 bits per heavy atom. The minimum Gasteiger partial charge on any atom is -0.317 e. The lowest BCUT2D eigenvalue weighted by molar-refractivity contribution is 0.235. The van der Waals surface area contributed by atoms with E-state index in [1.165, 1.54) is 0 Å². The fourth-order valence-electron chi connectivity index (χ4n) is 3.67. The lowest BCUT2D eigenvalue weighted by Crippen LogP contribution is -2.51. The Balaban J connectivity index is 1.98. The molecule has 0 aromatic heterocycles. The van der Waals surface area contributed by atoms with Crippen LogP contribution in [-0.4, -0.2) is 55.3 Å². The largest absolute Gasteiger partial charge is 0.317 e. The lowest BCUT2D eigenvalue weighted by Gasteiger charge is -2.37. The standard InChI is InChI=1S/C15H31N3O2S/c1-4-15-7-6-13(3)18(15)21(19,20)17-10-8-14(9-11-17)12-16-5-2/h13-16H,4-12H2,1-3H3. The van der Waals surface area contributed by atoms with Gasteiger partial charge in [-0.15, -0.1) is 0 Å². The molecule has 0 aliphatic carbocycles. The molecule has 0 saturated carbocycles. The molecule has 2 atom stereocenters. The molecular weight excluding hydrogens is 286 g/mol. The van der Waals surface area contributed by atoms with E-state index >= 15 is 0 Å². The number of piperidine rings is 1. The van der Waals surface area contributed by atoms with E-state index < -0.39 is 10.2 Å². The molecule has 0 aromatic rings. The molecule has 0 amide bonds. The Bertz CT molecular complexity index is 419. The predicted molar refractivity (Wildman–Crippen MR) is 86.4 cm³/mol. The van der Waals surface area contributed by atoms with Crippen molar-refractivity contribution in [3.8, 4) is 0 Å². The van der Waals surface area contributed by atoms with Crippen molar-refractivity contribution in [1.29, 1.82) is 0 Å². The average molecular weight is 317 g/mol. The average Bonchev–Trinajstić information content (AvgIpc) is 2.87. The van der Waals surface area contributed by atoms with Crippen LogP contribution in [0.15, 0.2) is 0 Å². The third-order valence-electron chi connectivity index (χ3n) is 5.03. The zero-order valence-electron chi connectivity index (χ0n) is 13.7. The van der Waals surface area contributed by atoms with E-state index in [0.717, 1.165) is 45.2 Å². The van der Waals surface area contributed by atoms with E-state index in [1.807, 2.05) is 6.92 Å². The molecule has 6 heteroatoms. The van der Waals surface area contributed by atoms with Gasteiger partial charge in [0, 0.05) is 25.2 Å². The summed E-state index contributed by atoms with van der Waals surface area (Å²) >= 11 is 0. The van der Waals surface area contributed by atoms with E-state index in [-0.39, 0.29) is 12.1 Å². The van der Waals surface area contributed by atoms with Crippen LogP contribution < -0.4 is 5.32 Å². The first kappa shape index (κ1) is 17.2. The molecule has 1 N–H and O–H groups in total. The summed E-state index contributed by atoms with van der Waals surface area (Å²) in [4.78, 5) is 0. The van der Waals surface area contributed by atoms with Crippen molar-refractivity contribution in [3.05, 3.63) is 0 Å². The molecule has 2 fully saturated rings. The summed E-state index contributed by atoms with van der Waals surface area (Å²) in [6, 6.07) is 0.351. The highest BCUT2D eigenvalue weighted by atomic mass is 32.2. The Morgan fingerprint density at radius 2 is 1.76 bits per heavy atom. The molecule has 0 bridgehead atoms. The topological polar surface area (TPSA) is 52.7 Å². The van der Waals surface area contributed by atoms with Crippen LogP contribution in [0.4, 0.5) is 0 Å². The molecule has 2 unspecified atom stereocenters. The smallest absolute Gasteiger partial charge is 0.282 e. The van der Waals surface area contributed by atoms with Crippen molar-refractivity contribution in [3.63, 3.8) is 0 Å². The van der Waals surface area contributed by atoms with Gasteiger partial charge in [0.25, 0.3) is 10.2 Å². The van der Waals surface area contributed by atoms with Crippen LogP contribution in [0, 0.1) is 5.92 Å². The van der Waals surface area contributed by atoms with Gasteiger partial charge in [0.1, 0.15) is 0 Å². The first-order chi connectivity index (χ1) is 10.0. The van der Waals surface area contributed by atoms with Crippen LogP contribution >= 0.6 is 0 Å². The van der Waals surface area contributed by atoms with Crippen molar-refractivity contribution in [1.82, 2.24) is 13.9 Å². The molecule has 2 rings (SSSR count). The molecule has 2 saturated heterocycles. The molecule has 2 heterocycles. The second-order valence-corrected chi connectivity index (χ2v) is 8.31. The molecule has 21 heavy (non-hydrogen) atoms. The maximum Gasteiger partial charge on any atom is 0.282 e. The Labute approximate surface area is 130 Å². The van der Waals surface area contributed by atoms with E-state index in [0.29, 0.717) is 19.0 Å². The summed E-state index contributed by atoms with van der Waals surface area (Å²) in [5.41, 5.74) is 0. The summed E-state index contributed by atoms with van der Waals surface area (Å²) in [5.74, 6) is 0.620. The lowest BCUT2D eigenvalue weighted by atomic mass is 9.98. The van der Waals surface area contributed by atoms with Gasteiger partial charge in [-0.05, 0) is 58.0 Å². The zero-order valence-corrected chi connectivity index (χ0v) is 14.5. The SMILES string of the molecule is CCNCC1CCN(S(=O)(=O)N2C(C)CCC2CC)CC1. The molecule has 2 aliphatic heterocycles. The van der Waals surface area contributed by atoms with Crippen molar-refractivity contribution in [2.24, 2.45) is 5.92 Å². The summed E-state index contributed by atoms with van der Waals surface area (Å²) in [6.45, 7) is 9.61. The second kappa shape index (κ2) is 7.40. The van der Waals surface area contributed by atoms with Crippen molar-refractivity contribution in [2.75, 3.05) is 26.2 Å². The Kier molecular flexibility index (Phi) is 6.05. The third-order valence-corrected chi connectivity index (χ3v) is 7.24. The van der Waals surface area contributed by atoms with Gasteiger partial charge in [0.15, 0.2) is 0 Å². The van der Waals surface area contributed by atoms with Gasteiger partial charge in [-0.25, -0.2) is 0 Å². The minimum absolute atomic E-state index is 0.152. The number of rotatable bonds is 6. The molecule has 0 aromatic carbocycles. The highest BCUT2D eigenvalue weighted by Crippen LogP contribution is 2.32. The van der Waals surface area contributed by atoms with Crippen LogP contribution in [0.5, 0.6) is 0 Å². The van der Waals surface area contributed by atoms with Crippen LogP contribution in [0.25, 0.3) is 0 Å². The first-order valence-electron chi connectivity index (χ1n) is 8.50. The van der Waals surface area contributed by atoms with Gasteiger partial charge in [-0.3, -0.25) is 0 Å². The van der Waals surface area contributed by atoms with Gasteiger partial charge < -0.3 is 5.32 Å². The van der Waals surface area contributed by atoms with Gasteiger partial charge in [0.2, 0.25) is 0 Å². The molecular formula is C15H31N3O2S. The molecule has 2 aliphatic rings. The van der Waals surface area contributed by atoms with Crippen LogP contribution in [-0.2, 0) is 10.2 Å². The van der Waals surface area contributed by atoms with Gasteiger partial charge in [-0.2, -0.15) is 17.0 Å². The first-order valence-corrected chi connectivity index (χ1v) is 9.89. The van der Waals surface area contributed by atoms with Gasteiger partial charge >= 0.3 is 0 Å². The molecule has 0 radical (unpaired) electrons. The molecule has 5 nitrogen and oxygen atoms in total. The summed E-state index contributed by atoms with van der Waals surface area (Å²) in [5, 5.41) is 3.37. The van der Waals surface area contributed by atoms with Crippen LogP contribution in [0.2, 0.25) is 0 Å². The number of nitrogens with zero attached hydrogens (tertiary/aromatic N) is 2. The van der Waals surface area contributed by atoms with Crippen molar-refractivity contribution >= 4 is 10.2 Å².